The maximum absolute atomic E-state index is 12.5. The van der Waals surface area contributed by atoms with Crippen LogP contribution in [-0.2, 0) is 16.1 Å². The Bertz CT molecular complexity index is 1410. The second-order valence-corrected chi connectivity index (χ2v) is 8.49. The van der Waals surface area contributed by atoms with E-state index in [2.05, 4.69) is 4.99 Å². The molecule has 0 saturated heterocycles. The number of nitro groups is 1. The first kappa shape index (κ1) is 24.9. The molecule has 0 bridgehead atoms. The van der Waals surface area contributed by atoms with E-state index >= 15 is 0 Å². The Morgan fingerprint density at radius 1 is 1.11 bits per heavy atom. The number of ether oxygens (including phenoxy) is 3. The van der Waals surface area contributed by atoms with Gasteiger partial charge in [0.25, 0.3) is 5.69 Å². The standard InChI is InChI=1S/C27H23ClN2O6/c1-4-34-24-14-19(12-21(28)25(24)35-15-18-8-5-7-16(2)11-18)13-22-27(31)36-26(29-22)20-9-6-10-23(17(20)3)30(32)33/h5-14H,4,15H2,1-3H3/b22-13-. The maximum Gasteiger partial charge on any atom is 0.363 e. The van der Waals surface area contributed by atoms with Gasteiger partial charge in [-0.15, -0.1) is 0 Å². The van der Waals surface area contributed by atoms with Gasteiger partial charge in [0.05, 0.1) is 16.6 Å². The molecule has 1 heterocycles. The monoisotopic (exact) mass is 506 g/mol. The lowest BCUT2D eigenvalue weighted by Crippen LogP contribution is -2.08. The topological polar surface area (TPSA) is 100 Å². The molecule has 1 aliphatic heterocycles. The van der Waals surface area contributed by atoms with Crippen LogP contribution in [0.3, 0.4) is 0 Å². The van der Waals surface area contributed by atoms with Gasteiger partial charge in [-0.25, -0.2) is 9.79 Å². The van der Waals surface area contributed by atoms with Crippen molar-refractivity contribution in [1.82, 2.24) is 0 Å². The molecule has 0 spiro atoms. The molecule has 36 heavy (non-hydrogen) atoms. The Morgan fingerprint density at radius 2 is 1.89 bits per heavy atom. The highest BCUT2D eigenvalue weighted by molar-refractivity contribution is 6.32. The number of aryl methyl sites for hydroxylation is 1. The summed E-state index contributed by atoms with van der Waals surface area (Å²) >= 11 is 6.53. The van der Waals surface area contributed by atoms with Crippen molar-refractivity contribution in [2.24, 2.45) is 4.99 Å². The molecule has 9 heteroatoms. The van der Waals surface area contributed by atoms with Gasteiger partial charge in [0.1, 0.15) is 6.61 Å². The number of rotatable bonds is 8. The fourth-order valence-corrected chi connectivity index (χ4v) is 4.04. The molecule has 0 N–H and O–H groups in total. The third-order valence-corrected chi connectivity index (χ3v) is 5.73. The molecular weight excluding hydrogens is 484 g/mol. The largest absolute Gasteiger partial charge is 0.490 e. The predicted octanol–water partition coefficient (Wildman–Crippen LogP) is 6.19. The SMILES string of the molecule is CCOc1cc(/C=C2\N=C(c3cccc([N+](=O)[O-])c3C)OC2=O)cc(Cl)c1OCc1cccc(C)c1. The van der Waals surface area contributed by atoms with E-state index in [0.717, 1.165) is 11.1 Å². The van der Waals surface area contributed by atoms with Crippen molar-refractivity contribution in [1.29, 1.82) is 0 Å². The lowest BCUT2D eigenvalue weighted by Gasteiger charge is -2.15. The summed E-state index contributed by atoms with van der Waals surface area (Å²) in [5.41, 5.74) is 3.34. The molecule has 8 nitrogen and oxygen atoms in total. The van der Waals surface area contributed by atoms with Gasteiger partial charge in [0.2, 0.25) is 5.90 Å². The number of hydrogen-bond donors (Lipinski definition) is 0. The Morgan fingerprint density at radius 3 is 2.61 bits per heavy atom. The van der Waals surface area contributed by atoms with Crippen LogP contribution in [0.1, 0.15) is 34.7 Å². The first-order valence-corrected chi connectivity index (χ1v) is 11.6. The van der Waals surface area contributed by atoms with Crippen LogP contribution in [0.2, 0.25) is 5.02 Å². The van der Waals surface area contributed by atoms with Gasteiger partial charge in [-0.2, -0.15) is 0 Å². The van der Waals surface area contributed by atoms with Crippen molar-refractivity contribution in [3.05, 3.63) is 103 Å². The van der Waals surface area contributed by atoms with Crippen molar-refractivity contribution in [3.63, 3.8) is 0 Å². The summed E-state index contributed by atoms with van der Waals surface area (Å²) in [5, 5.41) is 11.6. The normalized spacial score (nSPS) is 13.9. The number of hydrogen-bond acceptors (Lipinski definition) is 7. The van der Waals surface area contributed by atoms with Crippen molar-refractivity contribution < 1.29 is 23.9 Å². The van der Waals surface area contributed by atoms with Crippen LogP contribution in [0.5, 0.6) is 11.5 Å². The number of cyclic esters (lactones) is 1. The second-order valence-electron chi connectivity index (χ2n) is 8.08. The summed E-state index contributed by atoms with van der Waals surface area (Å²) in [7, 11) is 0. The molecular formula is C27H23ClN2O6. The molecule has 0 amide bonds. The van der Waals surface area contributed by atoms with Gasteiger partial charge in [-0.05, 0) is 56.2 Å². The summed E-state index contributed by atoms with van der Waals surface area (Å²) < 4.78 is 17.0. The molecule has 3 aromatic carbocycles. The number of carbonyl (C=O) groups excluding carboxylic acids is 1. The zero-order valence-corrected chi connectivity index (χ0v) is 20.7. The number of nitro benzene ring substituents is 1. The van der Waals surface area contributed by atoms with E-state index in [0.29, 0.717) is 46.4 Å². The van der Waals surface area contributed by atoms with Gasteiger partial charge >= 0.3 is 5.97 Å². The van der Waals surface area contributed by atoms with Crippen LogP contribution in [0.25, 0.3) is 6.08 Å². The van der Waals surface area contributed by atoms with E-state index < -0.39 is 10.9 Å². The molecule has 3 aromatic rings. The van der Waals surface area contributed by atoms with E-state index in [4.69, 9.17) is 25.8 Å². The Balaban J connectivity index is 1.64. The molecule has 0 aliphatic carbocycles. The first-order valence-electron chi connectivity index (χ1n) is 11.2. The highest BCUT2D eigenvalue weighted by Crippen LogP contribution is 2.38. The molecule has 0 unspecified atom stereocenters. The van der Waals surface area contributed by atoms with Crippen LogP contribution >= 0.6 is 11.6 Å². The van der Waals surface area contributed by atoms with Gasteiger partial charge in [-0.3, -0.25) is 10.1 Å². The van der Waals surface area contributed by atoms with E-state index in [1.807, 2.05) is 38.1 Å². The highest BCUT2D eigenvalue weighted by Gasteiger charge is 2.27. The minimum atomic E-state index is -0.676. The molecule has 0 atom stereocenters. The predicted molar refractivity (Wildman–Crippen MR) is 137 cm³/mol. The number of esters is 1. The van der Waals surface area contributed by atoms with Crippen molar-refractivity contribution in [3.8, 4) is 11.5 Å². The van der Waals surface area contributed by atoms with Gasteiger partial charge in [0.15, 0.2) is 17.2 Å². The Hall–Kier alpha value is -4.17. The molecule has 184 valence electrons. The van der Waals surface area contributed by atoms with E-state index in [1.54, 1.807) is 25.1 Å². The molecule has 0 fully saturated rings. The Labute approximate surface area is 212 Å². The lowest BCUT2D eigenvalue weighted by atomic mass is 10.1. The average molecular weight is 507 g/mol. The molecule has 0 saturated carbocycles. The number of aliphatic imine (C=N–C) groups is 1. The summed E-state index contributed by atoms with van der Waals surface area (Å²) in [6, 6.07) is 15.8. The fraction of sp³-hybridized carbons (Fsp3) is 0.185. The van der Waals surface area contributed by atoms with Crippen LogP contribution in [0.15, 0.2) is 65.3 Å². The first-order chi connectivity index (χ1) is 17.3. The summed E-state index contributed by atoms with van der Waals surface area (Å²) in [4.78, 5) is 27.6. The molecule has 1 aliphatic rings. The zero-order chi connectivity index (χ0) is 25.8. The fourth-order valence-electron chi connectivity index (χ4n) is 3.77. The molecule has 0 aromatic heterocycles. The van der Waals surface area contributed by atoms with E-state index in [9.17, 15) is 14.9 Å². The number of benzene rings is 3. The lowest BCUT2D eigenvalue weighted by molar-refractivity contribution is -0.385. The van der Waals surface area contributed by atoms with Gasteiger partial charge in [-0.1, -0.05) is 47.5 Å². The molecule has 4 rings (SSSR count). The van der Waals surface area contributed by atoms with Gasteiger partial charge in [0, 0.05) is 17.2 Å². The van der Waals surface area contributed by atoms with Crippen molar-refractivity contribution >= 4 is 35.2 Å². The summed E-state index contributed by atoms with van der Waals surface area (Å²) in [5.74, 6) is 0.147. The van der Waals surface area contributed by atoms with Gasteiger partial charge < -0.3 is 14.2 Å². The number of carbonyl (C=O) groups is 1. The Kier molecular flexibility index (Phi) is 7.36. The third kappa shape index (κ3) is 5.39. The summed E-state index contributed by atoms with van der Waals surface area (Å²) in [6.07, 6.45) is 1.51. The number of halogens is 1. The maximum atomic E-state index is 12.5. The van der Waals surface area contributed by atoms with Crippen LogP contribution < -0.4 is 9.47 Å². The number of nitrogens with zero attached hydrogens (tertiary/aromatic N) is 2. The van der Waals surface area contributed by atoms with E-state index in [1.165, 1.54) is 18.2 Å². The summed E-state index contributed by atoms with van der Waals surface area (Å²) in [6.45, 7) is 6.12. The second kappa shape index (κ2) is 10.6. The van der Waals surface area contributed by atoms with Crippen LogP contribution in [0, 0.1) is 24.0 Å². The highest BCUT2D eigenvalue weighted by atomic mass is 35.5. The van der Waals surface area contributed by atoms with Crippen LogP contribution in [-0.4, -0.2) is 23.4 Å². The zero-order valence-electron chi connectivity index (χ0n) is 19.9. The van der Waals surface area contributed by atoms with E-state index in [-0.39, 0.29) is 17.3 Å². The smallest absolute Gasteiger partial charge is 0.363 e. The van der Waals surface area contributed by atoms with Crippen LogP contribution in [0.4, 0.5) is 5.69 Å². The average Bonchev–Trinajstić information content (AvgIpc) is 3.18. The third-order valence-electron chi connectivity index (χ3n) is 5.45. The minimum Gasteiger partial charge on any atom is -0.490 e. The molecule has 0 radical (unpaired) electrons. The minimum absolute atomic E-state index is 0.00156. The van der Waals surface area contributed by atoms with Crippen molar-refractivity contribution in [2.45, 2.75) is 27.4 Å². The quantitative estimate of drug-likeness (QED) is 0.156. The van der Waals surface area contributed by atoms with Crippen molar-refractivity contribution in [2.75, 3.05) is 6.61 Å².